The zero-order chi connectivity index (χ0) is 14.5. The first kappa shape index (κ1) is 14.2. The van der Waals surface area contributed by atoms with Gasteiger partial charge in [0.2, 0.25) is 5.95 Å². The Morgan fingerprint density at radius 2 is 2.25 bits per heavy atom. The number of nitrogens with zero attached hydrogens (tertiary/aromatic N) is 3. The average Bonchev–Trinajstić information content (AvgIpc) is 2.41. The molecular weight excluding hydrogens is 256 g/mol. The monoisotopic (exact) mass is 274 g/mol. The SMILES string of the molecule is CCOCCn1ccc(-c2cnc(N)nc2C)cc1=O. The topological polar surface area (TPSA) is 83.0 Å². The van der Waals surface area contributed by atoms with Crippen molar-refractivity contribution in [3.8, 4) is 11.1 Å². The second-order valence-electron chi connectivity index (χ2n) is 4.37. The fourth-order valence-electron chi connectivity index (χ4n) is 1.94. The van der Waals surface area contributed by atoms with Gasteiger partial charge in [0.1, 0.15) is 0 Å². The third-order valence-electron chi connectivity index (χ3n) is 2.99. The largest absolute Gasteiger partial charge is 0.380 e. The van der Waals surface area contributed by atoms with E-state index in [0.717, 1.165) is 16.8 Å². The van der Waals surface area contributed by atoms with Crippen LogP contribution in [0.25, 0.3) is 11.1 Å². The normalized spacial score (nSPS) is 10.7. The summed E-state index contributed by atoms with van der Waals surface area (Å²) in [7, 11) is 0. The zero-order valence-electron chi connectivity index (χ0n) is 11.7. The van der Waals surface area contributed by atoms with Gasteiger partial charge in [0, 0.05) is 37.2 Å². The number of nitrogen functional groups attached to an aromatic ring is 1. The van der Waals surface area contributed by atoms with Gasteiger partial charge in [-0.3, -0.25) is 4.79 Å². The van der Waals surface area contributed by atoms with Gasteiger partial charge < -0.3 is 15.0 Å². The van der Waals surface area contributed by atoms with E-state index >= 15 is 0 Å². The number of nitrogens with two attached hydrogens (primary N) is 1. The molecule has 0 aliphatic rings. The van der Waals surface area contributed by atoms with Crippen LogP contribution in [0.15, 0.2) is 29.3 Å². The minimum absolute atomic E-state index is 0.0709. The fourth-order valence-corrected chi connectivity index (χ4v) is 1.94. The van der Waals surface area contributed by atoms with Crippen LogP contribution in [0, 0.1) is 6.92 Å². The van der Waals surface area contributed by atoms with Crippen LogP contribution in [0.2, 0.25) is 0 Å². The molecule has 2 rings (SSSR count). The fraction of sp³-hybridized carbons (Fsp3) is 0.357. The van der Waals surface area contributed by atoms with Crippen molar-refractivity contribution >= 4 is 5.95 Å². The van der Waals surface area contributed by atoms with E-state index in [1.54, 1.807) is 23.0 Å². The maximum Gasteiger partial charge on any atom is 0.251 e. The molecule has 2 aromatic heterocycles. The van der Waals surface area contributed by atoms with E-state index in [1.165, 1.54) is 0 Å². The lowest BCUT2D eigenvalue weighted by atomic mass is 10.1. The molecule has 6 nitrogen and oxygen atoms in total. The first-order valence-electron chi connectivity index (χ1n) is 6.49. The van der Waals surface area contributed by atoms with Crippen molar-refractivity contribution < 1.29 is 4.74 Å². The molecule has 0 aromatic carbocycles. The summed E-state index contributed by atoms with van der Waals surface area (Å²) in [6.07, 6.45) is 3.39. The number of aryl methyl sites for hydroxylation is 1. The predicted octanol–water partition coefficient (Wildman–Crippen LogP) is 1.23. The molecule has 0 saturated carbocycles. The first-order chi connectivity index (χ1) is 9.61. The number of hydrogen-bond donors (Lipinski definition) is 1. The number of ether oxygens (including phenoxy) is 1. The van der Waals surface area contributed by atoms with E-state index in [2.05, 4.69) is 9.97 Å². The van der Waals surface area contributed by atoms with Crippen LogP contribution in [0.4, 0.5) is 5.95 Å². The molecular formula is C14H18N4O2. The van der Waals surface area contributed by atoms with Gasteiger partial charge in [0.15, 0.2) is 0 Å². The summed E-state index contributed by atoms with van der Waals surface area (Å²) in [6, 6.07) is 3.45. The van der Waals surface area contributed by atoms with Crippen LogP contribution in [0.5, 0.6) is 0 Å². The highest BCUT2D eigenvalue weighted by Crippen LogP contribution is 2.19. The van der Waals surface area contributed by atoms with Gasteiger partial charge in [-0.25, -0.2) is 9.97 Å². The number of anilines is 1. The lowest BCUT2D eigenvalue weighted by Crippen LogP contribution is -2.21. The highest BCUT2D eigenvalue weighted by molar-refractivity contribution is 5.64. The van der Waals surface area contributed by atoms with Crippen LogP contribution in [-0.2, 0) is 11.3 Å². The maximum atomic E-state index is 12.0. The molecule has 0 amide bonds. The Labute approximate surface area is 117 Å². The Balaban J connectivity index is 2.26. The summed E-state index contributed by atoms with van der Waals surface area (Å²) in [5.74, 6) is 0.233. The number of aromatic nitrogens is 3. The molecule has 106 valence electrons. The van der Waals surface area contributed by atoms with Gasteiger partial charge in [-0.05, 0) is 25.5 Å². The molecule has 0 radical (unpaired) electrons. The number of rotatable bonds is 5. The van der Waals surface area contributed by atoms with E-state index < -0.39 is 0 Å². The summed E-state index contributed by atoms with van der Waals surface area (Å²) >= 11 is 0. The lowest BCUT2D eigenvalue weighted by molar-refractivity contribution is 0.138. The molecule has 2 heterocycles. The Bertz CT molecular complexity index is 652. The Morgan fingerprint density at radius 3 is 2.90 bits per heavy atom. The molecule has 0 aliphatic heterocycles. The van der Waals surface area contributed by atoms with E-state index in [-0.39, 0.29) is 11.5 Å². The molecule has 2 aromatic rings. The van der Waals surface area contributed by atoms with Gasteiger partial charge >= 0.3 is 0 Å². The predicted molar refractivity (Wildman–Crippen MR) is 77.4 cm³/mol. The van der Waals surface area contributed by atoms with Gasteiger partial charge in [-0.1, -0.05) is 0 Å². The van der Waals surface area contributed by atoms with E-state index in [4.69, 9.17) is 10.5 Å². The van der Waals surface area contributed by atoms with Crippen molar-refractivity contribution in [2.24, 2.45) is 0 Å². The van der Waals surface area contributed by atoms with E-state index in [9.17, 15) is 4.79 Å². The van der Waals surface area contributed by atoms with Crippen LogP contribution in [0.3, 0.4) is 0 Å². The summed E-state index contributed by atoms with van der Waals surface area (Å²) < 4.78 is 6.86. The maximum absolute atomic E-state index is 12.0. The van der Waals surface area contributed by atoms with Gasteiger partial charge in [0.25, 0.3) is 5.56 Å². The van der Waals surface area contributed by atoms with Gasteiger partial charge in [-0.15, -0.1) is 0 Å². The summed E-state index contributed by atoms with van der Waals surface area (Å²) in [4.78, 5) is 20.1. The molecule has 0 spiro atoms. The molecule has 6 heteroatoms. The van der Waals surface area contributed by atoms with Crippen molar-refractivity contribution in [1.82, 2.24) is 14.5 Å². The second-order valence-corrected chi connectivity index (χ2v) is 4.37. The van der Waals surface area contributed by atoms with E-state index in [0.29, 0.717) is 19.8 Å². The Morgan fingerprint density at radius 1 is 1.45 bits per heavy atom. The molecule has 0 bridgehead atoms. The Hall–Kier alpha value is -2.21. The van der Waals surface area contributed by atoms with Crippen LogP contribution in [0.1, 0.15) is 12.6 Å². The van der Waals surface area contributed by atoms with Crippen LogP contribution < -0.4 is 11.3 Å². The number of pyridine rings is 1. The molecule has 0 aliphatic carbocycles. The van der Waals surface area contributed by atoms with Gasteiger partial charge in [-0.2, -0.15) is 0 Å². The summed E-state index contributed by atoms with van der Waals surface area (Å²) in [5, 5.41) is 0. The highest BCUT2D eigenvalue weighted by atomic mass is 16.5. The Kier molecular flexibility index (Phi) is 4.47. The van der Waals surface area contributed by atoms with Crippen LogP contribution in [-0.4, -0.2) is 27.7 Å². The third kappa shape index (κ3) is 3.21. The van der Waals surface area contributed by atoms with Gasteiger partial charge in [0.05, 0.1) is 12.3 Å². The van der Waals surface area contributed by atoms with Crippen molar-refractivity contribution in [2.45, 2.75) is 20.4 Å². The summed E-state index contributed by atoms with van der Waals surface area (Å²) in [6.45, 7) is 5.49. The molecule has 0 fully saturated rings. The molecule has 2 N–H and O–H groups in total. The minimum atomic E-state index is -0.0709. The minimum Gasteiger partial charge on any atom is -0.380 e. The zero-order valence-corrected chi connectivity index (χ0v) is 11.7. The summed E-state index contributed by atoms with van der Waals surface area (Å²) in [5.41, 5.74) is 7.81. The average molecular weight is 274 g/mol. The smallest absolute Gasteiger partial charge is 0.251 e. The lowest BCUT2D eigenvalue weighted by Gasteiger charge is -2.08. The van der Waals surface area contributed by atoms with Crippen molar-refractivity contribution in [1.29, 1.82) is 0 Å². The third-order valence-corrected chi connectivity index (χ3v) is 2.99. The van der Waals surface area contributed by atoms with Crippen molar-refractivity contribution in [2.75, 3.05) is 18.9 Å². The number of hydrogen-bond acceptors (Lipinski definition) is 5. The standard InChI is InChI=1S/C14H18N4O2/c1-3-20-7-6-18-5-4-11(8-13(18)19)12-9-16-14(15)17-10(12)2/h4-5,8-9H,3,6-7H2,1-2H3,(H2,15,16,17). The second kappa shape index (κ2) is 6.29. The molecule has 0 saturated heterocycles. The highest BCUT2D eigenvalue weighted by Gasteiger charge is 2.06. The molecule has 0 atom stereocenters. The van der Waals surface area contributed by atoms with E-state index in [1.807, 2.05) is 19.9 Å². The molecule has 20 heavy (non-hydrogen) atoms. The van der Waals surface area contributed by atoms with Crippen molar-refractivity contribution in [3.63, 3.8) is 0 Å². The quantitative estimate of drug-likeness (QED) is 0.829. The van der Waals surface area contributed by atoms with Crippen molar-refractivity contribution in [3.05, 3.63) is 40.6 Å². The van der Waals surface area contributed by atoms with Crippen LogP contribution >= 0.6 is 0 Å². The molecule has 0 unspecified atom stereocenters. The first-order valence-corrected chi connectivity index (χ1v) is 6.49.